The number of carbonyl (C=O) groups is 1. The van der Waals surface area contributed by atoms with Gasteiger partial charge in [-0.3, -0.25) is 4.79 Å². The first-order valence-electron chi connectivity index (χ1n) is 7.10. The number of amides is 1. The van der Waals surface area contributed by atoms with Gasteiger partial charge in [0, 0.05) is 28.9 Å². The Bertz CT molecular complexity index is 642. The molecule has 0 aliphatic carbocycles. The number of carbonyl (C=O) groups excluding carboxylic acids is 1. The van der Waals surface area contributed by atoms with Gasteiger partial charge in [-0.2, -0.15) is 0 Å². The van der Waals surface area contributed by atoms with Gasteiger partial charge in [-0.05, 0) is 37.8 Å². The predicted octanol–water partition coefficient (Wildman–Crippen LogP) is 4.61. The lowest BCUT2D eigenvalue weighted by Gasteiger charge is -2.27. The summed E-state index contributed by atoms with van der Waals surface area (Å²) in [6.07, 6.45) is 0.892. The molecule has 2 nitrogen and oxygen atoms in total. The topological polar surface area (TPSA) is 20.3 Å². The number of alkyl halides is 1. The predicted molar refractivity (Wildman–Crippen MR) is 88.5 cm³/mol. The van der Waals surface area contributed by atoms with Gasteiger partial charge in [0.25, 0.3) is 5.91 Å². The van der Waals surface area contributed by atoms with E-state index in [9.17, 15) is 9.18 Å². The Balaban J connectivity index is 2.45. The van der Waals surface area contributed by atoms with Crippen LogP contribution in [0.1, 0.15) is 30.6 Å². The highest BCUT2D eigenvalue weighted by Crippen LogP contribution is 2.23. The summed E-state index contributed by atoms with van der Waals surface area (Å²) in [5.41, 5.74) is 0.565. The van der Waals surface area contributed by atoms with Crippen molar-refractivity contribution in [1.82, 2.24) is 4.90 Å². The first-order chi connectivity index (χ1) is 10.1. The second-order valence-corrected chi connectivity index (χ2v) is 6.07. The quantitative estimate of drug-likeness (QED) is 0.720. The van der Waals surface area contributed by atoms with E-state index in [-0.39, 0.29) is 17.8 Å². The summed E-state index contributed by atoms with van der Waals surface area (Å²) in [6.45, 7) is 4.68. The Morgan fingerprint density at radius 2 is 1.86 bits per heavy atom. The average molecular weight is 352 g/mol. The van der Waals surface area contributed by atoms with E-state index in [1.54, 1.807) is 24.3 Å². The molecule has 2 aromatic carbocycles. The van der Waals surface area contributed by atoms with Gasteiger partial charge >= 0.3 is 0 Å². The minimum atomic E-state index is -0.293. The van der Waals surface area contributed by atoms with Crippen molar-refractivity contribution in [2.75, 3.05) is 11.9 Å². The number of halogens is 2. The van der Waals surface area contributed by atoms with Gasteiger partial charge in [0.2, 0.25) is 0 Å². The summed E-state index contributed by atoms with van der Waals surface area (Å²) in [7, 11) is 0. The van der Waals surface area contributed by atoms with Gasteiger partial charge in [0.1, 0.15) is 5.82 Å². The highest BCUT2D eigenvalue weighted by Gasteiger charge is 2.20. The molecule has 0 N–H and O–H groups in total. The van der Waals surface area contributed by atoms with Crippen LogP contribution in [0.3, 0.4) is 0 Å². The summed E-state index contributed by atoms with van der Waals surface area (Å²) in [6, 6.07) is 10.2. The number of rotatable bonds is 5. The maximum atomic E-state index is 13.9. The fourth-order valence-corrected chi connectivity index (χ4v) is 2.68. The molecular formula is C17H19BrFNO. The lowest BCUT2D eigenvalue weighted by molar-refractivity contribution is 0.0709. The summed E-state index contributed by atoms with van der Waals surface area (Å²) < 4.78 is 13.9. The van der Waals surface area contributed by atoms with Crippen molar-refractivity contribution >= 4 is 32.6 Å². The van der Waals surface area contributed by atoms with Crippen molar-refractivity contribution in [2.24, 2.45) is 0 Å². The summed E-state index contributed by atoms with van der Waals surface area (Å²) in [4.78, 5) is 14.6. The average Bonchev–Trinajstić information content (AvgIpc) is 2.48. The van der Waals surface area contributed by atoms with Crippen molar-refractivity contribution in [3.05, 3.63) is 47.8 Å². The van der Waals surface area contributed by atoms with Gasteiger partial charge in [-0.15, -0.1) is 0 Å². The molecule has 21 heavy (non-hydrogen) atoms. The minimum absolute atomic E-state index is 0.0397. The van der Waals surface area contributed by atoms with E-state index in [0.29, 0.717) is 22.9 Å². The molecule has 0 unspecified atom stereocenters. The second kappa shape index (κ2) is 7.03. The third-order valence-corrected chi connectivity index (χ3v) is 4.08. The smallest absolute Gasteiger partial charge is 0.254 e. The Labute approximate surface area is 133 Å². The van der Waals surface area contributed by atoms with Crippen molar-refractivity contribution in [3.63, 3.8) is 0 Å². The standard InChI is InChI=1S/C17H19BrFNO/c1-12(2)20(11-5-10-18)17(21)15-8-9-16(19)14-7-4-3-6-13(14)15/h3-4,6-9,12H,5,10-11H2,1-2H3. The van der Waals surface area contributed by atoms with Gasteiger partial charge in [0.15, 0.2) is 0 Å². The molecule has 2 rings (SSSR count). The molecule has 0 heterocycles. The zero-order chi connectivity index (χ0) is 15.4. The minimum Gasteiger partial charge on any atom is -0.336 e. The van der Waals surface area contributed by atoms with Crippen LogP contribution in [-0.2, 0) is 0 Å². The maximum absolute atomic E-state index is 13.9. The summed E-state index contributed by atoms with van der Waals surface area (Å²) in [5.74, 6) is -0.333. The molecule has 4 heteroatoms. The van der Waals surface area contributed by atoms with Crippen LogP contribution in [0.15, 0.2) is 36.4 Å². The highest BCUT2D eigenvalue weighted by molar-refractivity contribution is 9.09. The third-order valence-electron chi connectivity index (χ3n) is 3.52. The van der Waals surface area contributed by atoms with E-state index in [0.717, 1.165) is 11.8 Å². The second-order valence-electron chi connectivity index (χ2n) is 5.28. The highest BCUT2D eigenvalue weighted by atomic mass is 79.9. The molecule has 2 aromatic rings. The van der Waals surface area contributed by atoms with Crippen LogP contribution in [0.5, 0.6) is 0 Å². The Kier molecular flexibility index (Phi) is 5.34. The fraction of sp³-hybridized carbons (Fsp3) is 0.353. The van der Waals surface area contributed by atoms with Gasteiger partial charge in [0.05, 0.1) is 0 Å². The molecule has 0 aliphatic rings. The van der Waals surface area contributed by atoms with E-state index in [2.05, 4.69) is 15.9 Å². The van der Waals surface area contributed by atoms with Gasteiger partial charge in [-0.25, -0.2) is 4.39 Å². The van der Waals surface area contributed by atoms with E-state index in [4.69, 9.17) is 0 Å². The molecule has 112 valence electrons. The monoisotopic (exact) mass is 351 g/mol. The third kappa shape index (κ3) is 3.43. The number of hydrogen-bond donors (Lipinski definition) is 0. The number of benzene rings is 2. The van der Waals surface area contributed by atoms with E-state index in [1.165, 1.54) is 6.07 Å². The molecule has 0 bridgehead atoms. The molecule has 0 spiro atoms. The van der Waals surface area contributed by atoms with Crippen LogP contribution in [0.2, 0.25) is 0 Å². The van der Waals surface area contributed by atoms with Gasteiger partial charge in [-0.1, -0.05) is 40.2 Å². The molecule has 0 fully saturated rings. The molecular weight excluding hydrogens is 333 g/mol. The van der Waals surface area contributed by atoms with Crippen LogP contribution in [0.4, 0.5) is 4.39 Å². The SMILES string of the molecule is CC(C)N(CCCBr)C(=O)c1ccc(F)c2ccccc12. The summed E-state index contributed by atoms with van der Waals surface area (Å²) in [5, 5.41) is 2.02. The molecule has 0 saturated heterocycles. The summed E-state index contributed by atoms with van der Waals surface area (Å²) >= 11 is 3.39. The van der Waals surface area contributed by atoms with Gasteiger partial charge < -0.3 is 4.90 Å². The van der Waals surface area contributed by atoms with Crippen LogP contribution < -0.4 is 0 Å². The van der Waals surface area contributed by atoms with E-state index in [1.807, 2.05) is 24.8 Å². The normalized spacial score (nSPS) is 11.1. The number of hydrogen-bond acceptors (Lipinski definition) is 1. The van der Waals surface area contributed by atoms with Crippen LogP contribution in [0, 0.1) is 5.82 Å². The van der Waals surface area contributed by atoms with Crippen molar-refractivity contribution in [3.8, 4) is 0 Å². The molecule has 0 atom stereocenters. The fourth-order valence-electron chi connectivity index (χ4n) is 2.43. The molecule has 0 saturated carbocycles. The Morgan fingerprint density at radius 3 is 2.48 bits per heavy atom. The van der Waals surface area contributed by atoms with Crippen molar-refractivity contribution in [2.45, 2.75) is 26.3 Å². The molecule has 0 aromatic heterocycles. The van der Waals surface area contributed by atoms with E-state index < -0.39 is 0 Å². The molecule has 1 amide bonds. The lowest BCUT2D eigenvalue weighted by Crippen LogP contribution is -2.38. The van der Waals surface area contributed by atoms with E-state index >= 15 is 0 Å². The zero-order valence-electron chi connectivity index (χ0n) is 12.3. The Hall–Kier alpha value is -1.42. The van der Waals surface area contributed by atoms with Crippen LogP contribution in [0.25, 0.3) is 10.8 Å². The van der Waals surface area contributed by atoms with Crippen LogP contribution in [-0.4, -0.2) is 28.7 Å². The maximum Gasteiger partial charge on any atom is 0.254 e. The lowest BCUT2D eigenvalue weighted by atomic mass is 10.0. The van der Waals surface area contributed by atoms with Crippen molar-refractivity contribution in [1.29, 1.82) is 0 Å². The Morgan fingerprint density at radius 1 is 1.19 bits per heavy atom. The first kappa shape index (κ1) is 16.0. The largest absolute Gasteiger partial charge is 0.336 e. The number of nitrogens with zero attached hydrogens (tertiary/aromatic N) is 1. The van der Waals surface area contributed by atoms with Crippen LogP contribution >= 0.6 is 15.9 Å². The first-order valence-corrected chi connectivity index (χ1v) is 8.22. The molecule has 0 aliphatic heterocycles. The number of fused-ring (bicyclic) bond motifs is 1. The molecule has 0 radical (unpaired) electrons. The van der Waals surface area contributed by atoms with Crippen molar-refractivity contribution < 1.29 is 9.18 Å². The zero-order valence-corrected chi connectivity index (χ0v) is 13.9.